The molecule has 0 atom stereocenters. The second-order valence-electron chi connectivity index (χ2n) is 11.7. The van der Waals surface area contributed by atoms with E-state index in [9.17, 15) is 38.2 Å². The van der Waals surface area contributed by atoms with Gasteiger partial charge in [0.1, 0.15) is 11.6 Å². The van der Waals surface area contributed by atoms with Gasteiger partial charge in [-0.05, 0) is 71.8 Å². The number of halogens is 10. The first-order valence-corrected chi connectivity index (χ1v) is 19.0. The highest BCUT2D eigenvalue weighted by Crippen LogP contribution is 2.37. The van der Waals surface area contributed by atoms with Crippen LogP contribution in [0.3, 0.4) is 0 Å². The van der Waals surface area contributed by atoms with Crippen molar-refractivity contribution >= 4 is 128 Å². The summed E-state index contributed by atoms with van der Waals surface area (Å²) in [7, 11) is 0. The number of anilines is 2. The summed E-state index contributed by atoms with van der Waals surface area (Å²) in [4.78, 5) is 48.0. The van der Waals surface area contributed by atoms with E-state index in [-0.39, 0.29) is 63.8 Å². The van der Waals surface area contributed by atoms with Gasteiger partial charge in [0.05, 0.1) is 63.8 Å². The van der Waals surface area contributed by atoms with E-state index in [1.165, 1.54) is 12.1 Å². The van der Waals surface area contributed by atoms with Gasteiger partial charge in [0.15, 0.2) is 0 Å². The lowest BCUT2D eigenvalue weighted by Crippen LogP contribution is -2.17. The molecule has 0 fully saturated rings. The molecule has 6 aromatic rings. The van der Waals surface area contributed by atoms with Gasteiger partial charge in [0, 0.05) is 21.2 Å². The smallest absolute Gasteiger partial charge is 0.336 e. The number of rotatable bonds is 8. The van der Waals surface area contributed by atoms with Crippen LogP contribution in [0.15, 0.2) is 97.1 Å². The SMILES string of the molecule is O=C(O)c1cc(Cl)c(Cl)cc1C(=O)Nc1c(F)cc(-c2ccccc2Cl)cc1Cl.O=C(O)c1cc(Cl)c(Cl)cc1C(=O)Nc1c(F)cc(-c2ccccc2Cl)cc1Cl. The zero-order valence-electron chi connectivity index (χ0n) is 28.5. The van der Waals surface area contributed by atoms with E-state index >= 15 is 0 Å². The first-order chi connectivity index (χ1) is 27.4. The maximum absolute atomic E-state index is 14.7. The van der Waals surface area contributed by atoms with Crippen LogP contribution in [0.2, 0.25) is 40.2 Å². The van der Waals surface area contributed by atoms with Crippen molar-refractivity contribution in [2.75, 3.05) is 10.6 Å². The summed E-state index contributed by atoms with van der Waals surface area (Å²) in [5.74, 6) is -6.25. The molecule has 6 rings (SSSR count). The quantitative estimate of drug-likeness (QED) is 0.120. The Kier molecular flexibility index (Phi) is 14.5. The molecule has 4 N–H and O–H groups in total. The van der Waals surface area contributed by atoms with Gasteiger partial charge in [-0.3, -0.25) is 9.59 Å². The number of carbonyl (C=O) groups excluding carboxylic acids is 2. The van der Waals surface area contributed by atoms with Gasteiger partial charge in [-0.2, -0.15) is 0 Å². The van der Waals surface area contributed by atoms with Gasteiger partial charge in [-0.1, -0.05) is 129 Å². The van der Waals surface area contributed by atoms with E-state index in [4.69, 9.17) is 92.8 Å². The molecular weight excluding hydrogens is 926 g/mol. The van der Waals surface area contributed by atoms with Crippen LogP contribution in [-0.4, -0.2) is 34.0 Å². The summed E-state index contributed by atoms with van der Waals surface area (Å²) < 4.78 is 29.4. The molecule has 6 aromatic carbocycles. The standard InChI is InChI=1S/2C20H10Cl4FNO3/c2*21-13-4-2-1-3-10(13)9-5-16(24)18(17(25)6-9)26-19(27)11-7-14(22)15(23)8-12(11)20(28)29/h2*1-8H,(H,26,27)(H,28,29). The van der Waals surface area contributed by atoms with Crippen LogP contribution < -0.4 is 10.6 Å². The normalized spacial score (nSPS) is 10.7. The van der Waals surface area contributed by atoms with E-state index in [1.54, 1.807) is 48.5 Å². The fourth-order valence-corrected chi connectivity index (χ4v) is 6.93. The molecule has 0 aliphatic rings. The monoisotopic (exact) mass is 942 g/mol. The van der Waals surface area contributed by atoms with Crippen molar-refractivity contribution < 1.29 is 38.2 Å². The highest BCUT2D eigenvalue weighted by atomic mass is 35.5. The molecule has 296 valence electrons. The van der Waals surface area contributed by atoms with Gasteiger partial charge in [0.25, 0.3) is 11.8 Å². The number of nitrogens with one attached hydrogen (secondary N) is 2. The van der Waals surface area contributed by atoms with Gasteiger partial charge in [-0.25, -0.2) is 18.4 Å². The maximum Gasteiger partial charge on any atom is 0.336 e. The molecule has 0 bridgehead atoms. The number of carboxylic acid groups (broad SMARTS) is 2. The highest BCUT2D eigenvalue weighted by Gasteiger charge is 2.24. The van der Waals surface area contributed by atoms with Gasteiger partial charge in [-0.15, -0.1) is 0 Å². The molecule has 18 heteroatoms. The number of aromatic carboxylic acids is 2. The summed E-state index contributed by atoms with van der Waals surface area (Å²) in [5, 5.41) is 23.7. The first-order valence-electron chi connectivity index (χ1n) is 15.9. The summed E-state index contributed by atoms with van der Waals surface area (Å²) in [6, 6.07) is 23.1. The van der Waals surface area contributed by atoms with Gasteiger partial charge < -0.3 is 20.8 Å². The Bertz CT molecular complexity index is 2440. The number of hydrogen-bond acceptors (Lipinski definition) is 4. The van der Waals surface area contributed by atoms with E-state index in [2.05, 4.69) is 10.6 Å². The van der Waals surface area contributed by atoms with E-state index < -0.39 is 35.4 Å². The molecule has 0 unspecified atom stereocenters. The summed E-state index contributed by atoms with van der Waals surface area (Å²) in [6.07, 6.45) is 0. The molecule has 8 nitrogen and oxygen atoms in total. The van der Waals surface area contributed by atoms with Crippen molar-refractivity contribution in [1.29, 1.82) is 0 Å². The molecule has 0 aliphatic carbocycles. The maximum atomic E-state index is 14.7. The third-order valence-electron chi connectivity index (χ3n) is 8.00. The fraction of sp³-hybridized carbons (Fsp3) is 0. The first kappa shape index (κ1) is 44.5. The third-order valence-corrected chi connectivity index (χ3v) is 10.7. The molecule has 0 aromatic heterocycles. The molecule has 0 saturated carbocycles. The minimum absolute atomic E-state index is 0.0255. The Labute approximate surface area is 367 Å². The Morgan fingerprint density at radius 2 is 0.724 bits per heavy atom. The van der Waals surface area contributed by atoms with Crippen LogP contribution in [-0.2, 0) is 0 Å². The summed E-state index contributed by atoms with van der Waals surface area (Å²) >= 11 is 48.0. The van der Waals surface area contributed by atoms with Crippen molar-refractivity contribution in [3.05, 3.63) is 171 Å². The minimum Gasteiger partial charge on any atom is -0.478 e. The van der Waals surface area contributed by atoms with E-state index in [0.717, 1.165) is 36.4 Å². The third kappa shape index (κ3) is 10.1. The zero-order valence-corrected chi connectivity index (χ0v) is 34.6. The predicted octanol–water partition coefficient (Wildman–Crippen LogP) is 14.1. The zero-order chi connectivity index (χ0) is 42.6. The number of benzene rings is 6. The van der Waals surface area contributed by atoms with Crippen LogP contribution in [0.25, 0.3) is 22.3 Å². The van der Waals surface area contributed by atoms with Crippen LogP contribution in [0.4, 0.5) is 20.2 Å². The second-order valence-corrected chi connectivity index (χ2v) is 15.0. The molecule has 0 heterocycles. The fourth-order valence-electron chi connectivity index (χ4n) is 5.27. The Hall–Kier alpha value is -4.62. The van der Waals surface area contributed by atoms with E-state index in [1.807, 2.05) is 0 Å². The lowest BCUT2D eigenvalue weighted by atomic mass is 10.0. The Balaban J connectivity index is 0.000000221. The average molecular weight is 946 g/mol. The predicted molar refractivity (Wildman–Crippen MR) is 226 cm³/mol. The Morgan fingerprint density at radius 1 is 0.414 bits per heavy atom. The number of carboxylic acids is 2. The second kappa shape index (κ2) is 19.0. The van der Waals surface area contributed by atoms with Crippen molar-refractivity contribution in [3.63, 3.8) is 0 Å². The molecule has 2 amide bonds. The molecule has 0 radical (unpaired) electrons. The minimum atomic E-state index is -1.39. The highest BCUT2D eigenvalue weighted by molar-refractivity contribution is 6.43. The largest absolute Gasteiger partial charge is 0.478 e. The molecular formula is C40H20Cl8F2N2O6. The number of amides is 2. The van der Waals surface area contributed by atoms with Crippen LogP contribution in [0, 0.1) is 11.6 Å². The summed E-state index contributed by atoms with van der Waals surface area (Å²) in [5.41, 5.74) is -0.0354. The lowest BCUT2D eigenvalue weighted by molar-refractivity contribution is 0.0683. The van der Waals surface area contributed by atoms with Gasteiger partial charge in [0.2, 0.25) is 0 Å². The van der Waals surface area contributed by atoms with Crippen LogP contribution in [0.5, 0.6) is 0 Å². The average Bonchev–Trinajstić information content (AvgIpc) is 3.16. The van der Waals surface area contributed by atoms with E-state index in [0.29, 0.717) is 32.3 Å². The van der Waals surface area contributed by atoms with Crippen molar-refractivity contribution in [2.24, 2.45) is 0 Å². The summed E-state index contributed by atoms with van der Waals surface area (Å²) in [6.45, 7) is 0. The molecule has 58 heavy (non-hydrogen) atoms. The van der Waals surface area contributed by atoms with Gasteiger partial charge >= 0.3 is 11.9 Å². The molecule has 0 spiro atoms. The van der Waals surface area contributed by atoms with Crippen molar-refractivity contribution in [3.8, 4) is 22.3 Å². The van der Waals surface area contributed by atoms with Crippen LogP contribution >= 0.6 is 92.8 Å². The topological polar surface area (TPSA) is 133 Å². The molecule has 0 saturated heterocycles. The Morgan fingerprint density at radius 3 is 1.02 bits per heavy atom. The van der Waals surface area contributed by atoms with Crippen LogP contribution in [0.1, 0.15) is 41.4 Å². The molecule has 0 aliphatic heterocycles. The number of carbonyl (C=O) groups is 4. The van der Waals surface area contributed by atoms with Crippen molar-refractivity contribution in [1.82, 2.24) is 0 Å². The van der Waals surface area contributed by atoms with Crippen molar-refractivity contribution in [2.45, 2.75) is 0 Å². The number of hydrogen-bond donors (Lipinski definition) is 4. The lowest BCUT2D eigenvalue weighted by Gasteiger charge is -2.13.